The van der Waals surface area contributed by atoms with Crippen molar-refractivity contribution in [1.29, 1.82) is 0 Å². The molecule has 1 rings (SSSR count). The first kappa shape index (κ1) is 49.1. The number of hydrogen-bond donors (Lipinski definition) is 4. The van der Waals surface area contributed by atoms with Crippen LogP contribution in [0.25, 0.3) is 0 Å². The number of phosphoric ester groups is 1. The van der Waals surface area contributed by atoms with Crippen molar-refractivity contribution in [2.75, 3.05) is 13.2 Å². The van der Waals surface area contributed by atoms with Crippen LogP contribution in [-0.2, 0) is 32.9 Å². The van der Waals surface area contributed by atoms with Gasteiger partial charge >= 0.3 is 19.8 Å². The van der Waals surface area contributed by atoms with Crippen LogP contribution in [0.2, 0.25) is 0 Å². The number of ether oxygens (including phenoxy) is 2. The largest absolute Gasteiger partial charge is 0.469 e. The van der Waals surface area contributed by atoms with E-state index in [1.807, 2.05) is 0 Å². The van der Waals surface area contributed by atoms with Gasteiger partial charge in [-0.05, 0) is 51.4 Å². The molecule has 0 bridgehead atoms. The average molecular weight is 773 g/mol. The van der Waals surface area contributed by atoms with Crippen LogP contribution in [-0.4, -0.2) is 69.2 Å². The van der Waals surface area contributed by atoms with Crippen molar-refractivity contribution in [3.63, 3.8) is 0 Å². The zero-order valence-electron chi connectivity index (χ0n) is 32.9. The summed E-state index contributed by atoms with van der Waals surface area (Å²) in [5.74, 6) is -1.60. The topological polar surface area (TPSA) is 177 Å². The number of unbranched alkanes of at least 4 members (excludes halogenated alkanes) is 16. The molecule has 53 heavy (non-hydrogen) atoms. The second-order valence-electron chi connectivity index (χ2n) is 14.7. The Balaban J connectivity index is 2.27. The normalized spacial score (nSPS) is 19.0. The molecule has 0 amide bonds. The summed E-state index contributed by atoms with van der Waals surface area (Å²) in [6.07, 6.45) is 28.0. The molecule has 0 heterocycles. The van der Waals surface area contributed by atoms with Crippen LogP contribution < -0.4 is 0 Å². The van der Waals surface area contributed by atoms with Crippen LogP contribution in [0, 0.1) is 11.8 Å². The minimum absolute atomic E-state index is 0.0356. The molecular weight excluding hydrogens is 699 g/mol. The van der Waals surface area contributed by atoms with Crippen molar-refractivity contribution in [3.05, 3.63) is 24.3 Å². The Hall–Kier alpha value is -1.88. The molecule has 4 N–H and O–H groups in total. The van der Waals surface area contributed by atoms with E-state index in [2.05, 4.69) is 30.5 Å². The van der Waals surface area contributed by atoms with Crippen molar-refractivity contribution < 1.29 is 52.9 Å². The minimum atomic E-state index is -4.82. The number of hydrogen-bond acceptors (Lipinski definition) is 9. The van der Waals surface area contributed by atoms with Gasteiger partial charge in [0.25, 0.3) is 0 Å². The van der Waals surface area contributed by atoms with Gasteiger partial charge in [0.05, 0.1) is 18.8 Å². The lowest BCUT2D eigenvalue weighted by atomic mass is 9.88. The molecule has 308 valence electrons. The second-order valence-corrected chi connectivity index (χ2v) is 16.0. The molecule has 0 aliphatic heterocycles. The van der Waals surface area contributed by atoms with E-state index in [-0.39, 0.29) is 43.5 Å². The van der Waals surface area contributed by atoms with Crippen LogP contribution in [0.5, 0.6) is 0 Å². The van der Waals surface area contributed by atoms with Gasteiger partial charge in [0.2, 0.25) is 0 Å². The molecule has 1 saturated carbocycles. The van der Waals surface area contributed by atoms with Crippen molar-refractivity contribution >= 4 is 25.5 Å². The number of carbonyl (C=O) groups is 3. The first-order valence-corrected chi connectivity index (χ1v) is 22.3. The standard InChI is InChI=1S/C41H73O11P/c1-3-5-7-8-9-10-11-12-13-14-15-16-17-18-23-27-40(45)50-32-35(33-51-53(47,48)49)52-41(46)28-24-20-19-22-26-36-37(39(44)31-38(36)43)30-29-34(42)25-21-6-4-2/h10-11,29-30,34-37,39,42,44H,3-9,12-28,31-33H2,1-2H3,(H2,47,48,49)/b11-10-,30-29+/t34-,35+,36+,37+,39+/m0/s1. The highest BCUT2D eigenvalue weighted by molar-refractivity contribution is 7.46. The van der Waals surface area contributed by atoms with Gasteiger partial charge in [0.15, 0.2) is 6.10 Å². The summed E-state index contributed by atoms with van der Waals surface area (Å²) < 4.78 is 26.4. The first-order chi connectivity index (χ1) is 25.5. The summed E-state index contributed by atoms with van der Waals surface area (Å²) >= 11 is 0. The SMILES string of the molecule is CCCCCC/C=C\CCCCCCCCCC(=O)OC[C@H](COP(=O)(O)O)OC(=O)CCCCCC[C@H]1C(=O)C[C@@H](O)[C@@H]1/C=C/[C@@H](O)CCCCC. The predicted molar refractivity (Wildman–Crippen MR) is 208 cm³/mol. The number of aliphatic hydroxyl groups is 2. The molecule has 0 aromatic carbocycles. The Morgan fingerprint density at radius 1 is 0.774 bits per heavy atom. The zero-order valence-corrected chi connectivity index (χ0v) is 33.8. The van der Waals surface area contributed by atoms with Crippen LogP contribution in [0.3, 0.4) is 0 Å². The molecule has 12 heteroatoms. The fourth-order valence-corrected chi connectivity index (χ4v) is 7.04. The number of carbonyl (C=O) groups excluding carboxylic acids is 3. The average Bonchev–Trinajstić information content (AvgIpc) is 3.38. The molecule has 0 aromatic heterocycles. The van der Waals surface area contributed by atoms with Gasteiger partial charge in [0, 0.05) is 31.1 Å². The van der Waals surface area contributed by atoms with E-state index in [0.29, 0.717) is 32.1 Å². The summed E-state index contributed by atoms with van der Waals surface area (Å²) in [6, 6.07) is 0. The number of Topliss-reactive ketones (excluding diaryl/α,β-unsaturated/α-hetero) is 1. The third-order valence-corrected chi connectivity index (χ3v) is 10.3. The Labute approximate surface area is 320 Å². The fourth-order valence-electron chi connectivity index (χ4n) is 6.67. The number of phosphoric acid groups is 1. The lowest BCUT2D eigenvalue weighted by Gasteiger charge is -2.19. The molecule has 0 radical (unpaired) electrons. The third-order valence-electron chi connectivity index (χ3n) is 9.84. The maximum atomic E-state index is 12.5. The Morgan fingerprint density at radius 3 is 1.94 bits per heavy atom. The Morgan fingerprint density at radius 2 is 1.32 bits per heavy atom. The van der Waals surface area contributed by atoms with Crippen molar-refractivity contribution in [1.82, 2.24) is 0 Å². The summed E-state index contributed by atoms with van der Waals surface area (Å²) in [5.41, 5.74) is 0. The number of ketones is 1. The number of allylic oxidation sites excluding steroid dienone is 2. The van der Waals surface area contributed by atoms with Gasteiger partial charge in [-0.15, -0.1) is 0 Å². The second kappa shape index (κ2) is 31.3. The Bertz CT molecular complexity index is 1070. The smallest absolute Gasteiger partial charge is 0.462 e. The van der Waals surface area contributed by atoms with E-state index in [1.165, 1.54) is 51.4 Å². The van der Waals surface area contributed by atoms with Gasteiger partial charge in [-0.2, -0.15) is 0 Å². The van der Waals surface area contributed by atoms with Crippen LogP contribution in [0.4, 0.5) is 0 Å². The maximum absolute atomic E-state index is 12.5. The summed E-state index contributed by atoms with van der Waals surface area (Å²) in [7, 11) is -4.82. The van der Waals surface area contributed by atoms with Gasteiger partial charge in [0.1, 0.15) is 12.4 Å². The minimum Gasteiger partial charge on any atom is -0.462 e. The molecule has 0 aromatic rings. The van der Waals surface area contributed by atoms with E-state index in [1.54, 1.807) is 12.2 Å². The predicted octanol–water partition coefficient (Wildman–Crippen LogP) is 8.99. The van der Waals surface area contributed by atoms with Crippen molar-refractivity contribution in [3.8, 4) is 0 Å². The molecule has 1 fully saturated rings. The summed E-state index contributed by atoms with van der Waals surface area (Å²) in [6.45, 7) is 3.37. The van der Waals surface area contributed by atoms with Gasteiger partial charge < -0.3 is 29.5 Å². The third kappa shape index (κ3) is 27.4. The lowest BCUT2D eigenvalue weighted by Crippen LogP contribution is -2.29. The lowest BCUT2D eigenvalue weighted by molar-refractivity contribution is -0.161. The van der Waals surface area contributed by atoms with Gasteiger partial charge in [-0.1, -0.05) is 128 Å². The fraction of sp³-hybridized carbons (Fsp3) is 0.829. The van der Waals surface area contributed by atoms with E-state index >= 15 is 0 Å². The van der Waals surface area contributed by atoms with Crippen LogP contribution in [0.1, 0.15) is 174 Å². The molecule has 0 saturated heterocycles. The molecule has 5 atom stereocenters. The van der Waals surface area contributed by atoms with Crippen molar-refractivity contribution in [2.45, 2.75) is 193 Å². The summed E-state index contributed by atoms with van der Waals surface area (Å²) in [4.78, 5) is 55.6. The highest BCUT2D eigenvalue weighted by atomic mass is 31.2. The van der Waals surface area contributed by atoms with E-state index in [0.717, 1.165) is 57.8 Å². The first-order valence-electron chi connectivity index (χ1n) is 20.7. The molecule has 1 aliphatic rings. The van der Waals surface area contributed by atoms with Crippen LogP contribution in [0.15, 0.2) is 24.3 Å². The Kier molecular flexibility index (Phi) is 29.1. The molecular formula is C41H73O11P. The summed E-state index contributed by atoms with van der Waals surface area (Å²) in [5, 5.41) is 20.6. The molecule has 11 nitrogen and oxygen atoms in total. The van der Waals surface area contributed by atoms with Crippen LogP contribution >= 0.6 is 7.82 Å². The highest BCUT2D eigenvalue weighted by Gasteiger charge is 2.39. The van der Waals surface area contributed by atoms with Gasteiger partial charge in [-0.3, -0.25) is 18.9 Å². The molecule has 0 unspecified atom stereocenters. The number of rotatable bonds is 34. The molecule has 0 spiro atoms. The van der Waals surface area contributed by atoms with E-state index in [9.17, 15) is 29.2 Å². The maximum Gasteiger partial charge on any atom is 0.469 e. The highest BCUT2D eigenvalue weighted by Crippen LogP contribution is 2.36. The number of esters is 2. The van der Waals surface area contributed by atoms with Crippen molar-refractivity contribution in [2.24, 2.45) is 11.8 Å². The quantitative estimate of drug-likeness (QED) is 0.0212. The number of aliphatic hydroxyl groups excluding tert-OH is 2. The van der Waals surface area contributed by atoms with Gasteiger partial charge in [-0.25, -0.2) is 4.57 Å². The van der Waals surface area contributed by atoms with E-state index < -0.39 is 44.7 Å². The zero-order chi connectivity index (χ0) is 39.2. The monoisotopic (exact) mass is 772 g/mol. The van der Waals surface area contributed by atoms with E-state index in [4.69, 9.17) is 19.3 Å². The molecule has 1 aliphatic carbocycles.